The van der Waals surface area contributed by atoms with Gasteiger partial charge in [-0.15, -0.1) is 0 Å². The molecule has 1 heterocycles. The van der Waals surface area contributed by atoms with Crippen LogP contribution in [0.1, 0.15) is 10.5 Å². The molecule has 0 spiro atoms. The number of benzene rings is 1. The molecule has 0 aliphatic rings. The number of carbonyl (C=O) groups is 1. The summed E-state index contributed by atoms with van der Waals surface area (Å²) in [6, 6.07) is 5.27. The van der Waals surface area contributed by atoms with E-state index in [4.69, 9.17) is 10.3 Å². The zero-order valence-corrected chi connectivity index (χ0v) is 8.04. The van der Waals surface area contributed by atoms with Crippen molar-refractivity contribution in [2.45, 2.75) is 0 Å². The fraction of sp³-hybridized carbons (Fsp3) is 0. The lowest BCUT2D eigenvalue weighted by Crippen LogP contribution is -2.11. The van der Waals surface area contributed by atoms with Gasteiger partial charge in [0.15, 0.2) is 11.3 Å². The Balaban J connectivity index is 2.79. The maximum absolute atomic E-state index is 10.9. The summed E-state index contributed by atoms with van der Waals surface area (Å²) in [5.74, 6) is -0.586. The normalized spacial score (nSPS) is 10.5. The molecule has 2 N–H and O–H groups in total. The van der Waals surface area contributed by atoms with E-state index in [1.807, 2.05) is 0 Å². The minimum atomic E-state index is -0.586. The first-order valence-corrected chi connectivity index (χ1v) is 4.32. The van der Waals surface area contributed by atoms with E-state index < -0.39 is 5.91 Å². The van der Waals surface area contributed by atoms with E-state index in [2.05, 4.69) is 21.1 Å². The number of halogens is 1. The van der Waals surface area contributed by atoms with Crippen LogP contribution in [0.4, 0.5) is 0 Å². The first-order valence-electron chi connectivity index (χ1n) is 3.53. The van der Waals surface area contributed by atoms with Gasteiger partial charge < -0.3 is 10.3 Å². The second-order valence-corrected chi connectivity index (χ2v) is 3.45. The van der Waals surface area contributed by atoms with Gasteiger partial charge in [0, 0.05) is 4.47 Å². The average molecular weight is 241 g/mol. The Bertz CT molecular complexity index is 478. The Kier molecular flexibility index (Phi) is 1.81. The quantitative estimate of drug-likeness (QED) is 0.825. The Morgan fingerprint density at radius 3 is 3.00 bits per heavy atom. The standard InChI is InChI=1S/C8H5BrN2O2/c9-4-1-2-6-5(3-4)7(8(10)12)11-13-6/h1-3H,(H2,10,12). The fourth-order valence-electron chi connectivity index (χ4n) is 1.09. The number of hydrogen-bond donors (Lipinski definition) is 1. The summed E-state index contributed by atoms with van der Waals surface area (Å²) >= 11 is 3.28. The van der Waals surface area contributed by atoms with Crippen molar-refractivity contribution in [2.75, 3.05) is 0 Å². The van der Waals surface area contributed by atoms with Gasteiger partial charge in [-0.2, -0.15) is 0 Å². The number of rotatable bonds is 1. The van der Waals surface area contributed by atoms with E-state index in [0.29, 0.717) is 11.0 Å². The first kappa shape index (κ1) is 8.25. The van der Waals surface area contributed by atoms with Crippen LogP contribution < -0.4 is 5.73 Å². The molecule has 0 radical (unpaired) electrons. The van der Waals surface area contributed by atoms with Gasteiger partial charge in [0.05, 0.1) is 5.39 Å². The van der Waals surface area contributed by atoms with Crippen LogP contribution in [0.5, 0.6) is 0 Å². The predicted molar refractivity (Wildman–Crippen MR) is 50.2 cm³/mol. The molecule has 2 aromatic rings. The summed E-state index contributed by atoms with van der Waals surface area (Å²) in [6.07, 6.45) is 0. The second kappa shape index (κ2) is 2.85. The molecule has 0 aliphatic carbocycles. The molecule has 0 saturated carbocycles. The van der Waals surface area contributed by atoms with Gasteiger partial charge in [0.2, 0.25) is 0 Å². The van der Waals surface area contributed by atoms with Crippen molar-refractivity contribution in [3.63, 3.8) is 0 Å². The molecule has 66 valence electrons. The molecule has 0 atom stereocenters. The number of hydrogen-bond acceptors (Lipinski definition) is 3. The highest BCUT2D eigenvalue weighted by Gasteiger charge is 2.12. The van der Waals surface area contributed by atoms with Crippen molar-refractivity contribution in [1.82, 2.24) is 5.16 Å². The number of aromatic nitrogens is 1. The lowest BCUT2D eigenvalue weighted by Gasteiger charge is -1.89. The highest BCUT2D eigenvalue weighted by molar-refractivity contribution is 9.10. The van der Waals surface area contributed by atoms with Crippen LogP contribution in [0.25, 0.3) is 11.0 Å². The van der Waals surface area contributed by atoms with Gasteiger partial charge in [-0.1, -0.05) is 21.1 Å². The highest BCUT2D eigenvalue weighted by atomic mass is 79.9. The number of fused-ring (bicyclic) bond motifs is 1. The van der Waals surface area contributed by atoms with Crippen LogP contribution >= 0.6 is 15.9 Å². The minimum Gasteiger partial charge on any atom is -0.364 e. The number of amides is 1. The molecule has 5 heteroatoms. The van der Waals surface area contributed by atoms with Crippen molar-refractivity contribution in [3.8, 4) is 0 Å². The molecule has 1 aromatic heterocycles. The van der Waals surface area contributed by atoms with Crippen molar-refractivity contribution in [2.24, 2.45) is 5.73 Å². The zero-order chi connectivity index (χ0) is 9.42. The van der Waals surface area contributed by atoms with Gasteiger partial charge in [-0.25, -0.2) is 0 Å². The third-order valence-corrected chi connectivity index (χ3v) is 2.16. The van der Waals surface area contributed by atoms with Crippen LogP contribution in [0.15, 0.2) is 27.2 Å². The average Bonchev–Trinajstić information content (AvgIpc) is 2.46. The Hall–Kier alpha value is -1.36. The number of nitrogens with two attached hydrogens (primary N) is 1. The van der Waals surface area contributed by atoms with Crippen molar-refractivity contribution in [3.05, 3.63) is 28.4 Å². The topological polar surface area (TPSA) is 69.1 Å². The van der Waals surface area contributed by atoms with Gasteiger partial charge in [0.1, 0.15) is 0 Å². The predicted octanol–water partition coefficient (Wildman–Crippen LogP) is 1.69. The van der Waals surface area contributed by atoms with E-state index in [-0.39, 0.29) is 5.69 Å². The summed E-state index contributed by atoms with van der Waals surface area (Å²) in [4.78, 5) is 10.9. The van der Waals surface area contributed by atoms with Gasteiger partial charge in [-0.3, -0.25) is 4.79 Å². The van der Waals surface area contributed by atoms with E-state index in [1.165, 1.54) is 0 Å². The molecule has 1 aromatic carbocycles. The zero-order valence-electron chi connectivity index (χ0n) is 6.45. The van der Waals surface area contributed by atoms with Crippen LogP contribution in [0, 0.1) is 0 Å². The molecule has 0 aliphatic heterocycles. The largest absolute Gasteiger partial charge is 0.364 e. The lowest BCUT2D eigenvalue weighted by atomic mass is 10.2. The smallest absolute Gasteiger partial charge is 0.271 e. The molecule has 4 nitrogen and oxygen atoms in total. The van der Waals surface area contributed by atoms with Crippen molar-refractivity contribution < 1.29 is 9.32 Å². The van der Waals surface area contributed by atoms with E-state index in [9.17, 15) is 4.79 Å². The van der Waals surface area contributed by atoms with Gasteiger partial charge >= 0.3 is 0 Å². The number of primary amides is 1. The summed E-state index contributed by atoms with van der Waals surface area (Å²) in [7, 11) is 0. The number of carbonyl (C=O) groups excluding carboxylic acids is 1. The molecule has 0 saturated heterocycles. The number of nitrogens with zero attached hydrogens (tertiary/aromatic N) is 1. The molecule has 0 bridgehead atoms. The molecule has 13 heavy (non-hydrogen) atoms. The molecule has 0 unspecified atom stereocenters. The van der Waals surface area contributed by atoms with E-state index >= 15 is 0 Å². The molecular weight excluding hydrogens is 236 g/mol. The van der Waals surface area contributed by atoms with Crippen molar-refractivity contribution >= 4 is 32.8 Å². The monoisotopic (exact) mass is 240 g/mol. The Morgan fingerprint density at radius 1 is 1.54 bits per heavy atom. The maximum atomic E-state index is 10.9. The lowest BCUT2D eigenvalue weighted by molar-refractivity contribution is 0.0993. The van der Waals surface area contributed by atoms with Crippen LogP contribution in [-0.2, 0) is 0 Å². The minimum absolute atomic E-state index is 0.163. The van der Waals surface area contributed by atoms with Crippen molar-refractivity contribution in [1.29, 1.82) is 0 Å². The third-order valence-electron chi connectivity index (χ3n) is 1.67. The highest BCUT2D eigenvalue weighted by Crippen LogP contribution is 2.22. The summed E-state index contributed by atoms with van der Waals surface area (Å²) in [5.41, 5.74) is 5.81. The summed E-state index contributed by atoms with van der Waals surface area (Å²) < 4.78 is 5.75. The molecule has 1 amide bonds. The third kappa shape index (κ3) is 1.31. The molecule has 2 rings (SSSR count). The summed E-state index contributed by atoms with van der Waals surface area (Å²) in [6.45, 7) is 0. The van der Waals surface area contributed by atoms with Crippen LogP contribution in [-0.4, -0.2) is 11.1 Å². The van der Waals surface area contributed by atoms with E-state index in [1.54, 1.807) is 18.2 Å². The van der Waals surface area contributed by atoms with Gasteiger partial charge in [0.25, 0.3) is 5.91 Å². The SMILES string of the molecule is NC(=O)c1noc2ccc(Br)cc12. The molecular formula is C8H5BrN2O2. The van der Waals surface area contributed by atoms with Crippen LogP contribution in [0.3, 0.4) is 0 Å². The molecule has 0 fully saturated rings. The fourth-order valence-corrected chi connectivity index (χ4v) is 1.45. The van der Waals surface area contributed by atoms with Gasteiger partial charge in [-0.05, 0) is 18.2 Å². The second-order valence-electron chi connectivity index (χ2n) is 2.54. The van der Waals surface area contributed by atoms with Crippen LogP contribution in [0.2, 0.25) is 0 Å². The summed E-state index contributed by atoms with van der Waals surface area (Å²) in [5, 5.41) is 4.19. The first-order chi connectivity index (χ1) is 6.18. The van der Waals surface area contributed by atoms with E-state index in [0.717, 1.165) is 4.47 Å². The maximum Gasteiger partial charge on any atom is 0.271 e. The Labute approximate surface area is 81.8 Å². The Morgan fingerprint density at radius 2 is 2.31 bits per heavy atom.